The molecule has 0 radical (unpaired) electrons. The molecule has 3 N–H and O–H groups in total. The summed E-state index contributed by atoms with van der Waals surface area (Å²) in [5.41, 5.74) is -5.21. The summed E-state index contributed by atoms with van der Waals surface area (Å²) >= 11 is 1.19. The minimum Gasteiger partial charge on any atom is -0.444 e. The molecule has 49 heavy (non-hydrogen) atoms. The van der Waals surface area contributed by atoms with Gasteiger partial charge in [0.05, 0.1) is 0 Å². The van der Waals surface area contributed by atoms with Gasteiger partial charge in [-0.15, -0.1) is 22.7 Å². The van der Waals surface area contributed by atoms with Crippen LogP contribution in [0, 0.1) is 0 Å². The molecule has 6 rings (SSSR count). The van der Waals surface area contributed by atoms with Gasteiger partial charge >= 0.3 is 30.5 Å². The molecule has 0 atom stereocenters. The molecule has 0 saturated carbocycles. The summed E-state index contributed by atoms with van der Waals surface area (Å²) in [5.74, 6) is -1.19. The normalized spacial score (nSPS) is 20.8. The molecule has 2 aromatic rings. The van der Waals surface area contributed by atoms with Crippen LogP contribution in [0.4, 0.5) is 51.0 Å². The smallest absolute Gasteiger partial charge is 0.434 e. The summed E-state index contributed by atoms with van der Waals surface area (Å²) in [6, 6.07) is -1.54. The van der Waals surface area contributed by atoms with Crippen molar-refractivity contribution in [3.8, 4) is 0 Å². The first-order valence-electron chi connectivity index (χ1n) is 14.7. The van der Waals surface area contributed by atoms with Gasteiger partial charge in [-0.3, -0.25) is 9.59 Å². The molecular weight excluding hydrogens is 710 g/mol. The second-order valence-corrected chi connectivity index (χ2v) is 14.2. The van der Waals surface area contributed by atoms with E-state index in [4.69, 9.17) is 4.74 Å². The molecule has 7 amide bonds. The van der Waals surface area contributed by atoms with Crippen LogP contribution in [0.15, 0.2) is 10.8 Å². The zero-order chi connectivity index (χ0) is 36.2. The number of likely N-dealkylation sites (tertiary alicyclic amines) is 1. The number of rotatable bonds is 2. The third-order valence-electron chi connectivity index (χ3n) is 8.00. The van der Waals surface area contributed by atoms with Crippen molar-refractivity contribution in [2.45, 2.75) is 75.5 Å². The number of carbonyl (C=O) groups is 5. The molecule has 4 saturated heterocycles. The largest absolute Gasteiger partial charge is 0.444 e. The number of nitrogens with zero attached hydrogens (tertiary/aromatic N) is 5. The average Bonchev–Trinajstić information content (AvgIpc) is 3.76. The minimum atomic E-state index is -4.66. The number of nitrogens with one attached hydrogen (secondary N) is 3. The lowest BCUT2D eigenvalue weighted by Gasteiger charge is -2.37. The van der Waals surface area contributed by atoms with E-state index in [1.54, 1.807) is 20.8 Å². The SMILES string of the molecule is CC(C)(C)OC(=O)N1CCC2(CC1)NC(=O)N(c1nc(C(F)(F)F)cs1)C2=O.O=C1NC2(CCNCC2)C(=O)N1c1nc(C(F)(F)F)cs1. The predicted molar refractivity (Wildman–Crippen MR) is 161 cm³/mol. The molecule has 2 spiro atoms. The van der Waals surface area contributed by atoms with Crippen molar-refractivity contribution in [3.05, 3.63) is 22.1 Å². The Morgan fingerprint density at radius 3 is 1.53 bits per heavy atom. The molecule has 2 aromatic heterocycles. The van der Waals surface area contributed by atoms with Gasteiger partial charge in [-0.25, -0.2) is 34.2 Å². The number of ether oxygens (including phenoxy) is 1. The summed E-state index contributed by atoms with van der Waals surface area (Å²) in [7, 11) is 0. The standard InChI is InChI=1S/C16H19F3N4O4S.C11H11F3N4O2S/c1-14(2,3)27-13(26)22-6-4-15(5-7-22)10(24)23(11(25)21-15)12-20-9(8-28-12)16(17,18)19;12-11(13,14)6-5-21-9(16-6)18-7(19)10(17-8(18)20)1-3-15-4-2-10/h8H,4-7H2,1-3H3,(H,21,25);5,15H,1-4H2,(H,17,20). The lowest BCUT2D eigenvalue weighted by Crippen LogP contribution is -2.56. The van der Waals surface area contributed by atoms with Gasteiger partial charge in [-0.2, -0.15) is 26.3 Å². The Hall–Kier alpha value is -4.05. The van der Waals surface area contributed by atoms with Crippen LogP contribution in [0.25, 0.3) is 0 Å². The third kappa shape index (κ3) is 7.30. The van der Waals surface area contributed by atoms with E-state index in [0.29, 0.717) is 58.4 Å². The Kier molecular flexibility index (Phi) is 9.38. The van der Waals surface area contributed by atoms with Crippen molar-refractivity contribution in [1.82, 2.24) is 30.8 Å². The van der Waals surface area contributed by atoms with E-state index in [1.807, 2.05) is 0 Å². The molecule has 0 aromatic carbocycles. The van der Waals surface area contributed by atoms with E-state index in [2.05, 4.69) is 25.9 Å². The molecular formula is C27H30F6N8O6S2. The fourth-order valence-corrected chi connectivity index (χ4v) is 7.16. The van der Waals surface area contributed by atoms with E-state index >= 15 is 0 Å². The highest BCUT2D eigenvalue weighted by Crippen LogP contribution is 2.38. The fourth-order valence-electron chi connectivity index (χ4n) is 5.51. The van der Waals surface area contributed by atoms with E-state index in [-0.39, 0.29) is 36.2 Å². The quantitative estimate of drug-likeness (QED) is 0.300. The second-order valence-electron chi connectivity index (χ2n) is 12.5. The van der Waals surface area contributed by atoms with Crippen molar-refractivity contribution in [3.63, 3.8) is 0 Å². The summed E-state index contributed by atoms with van der Waals surface area (Å²) in [5, 5.41) is 9.20. The molecule has 0 aliphatic carbocycles. The lowest BCUT2D eigenvalue weighted by molar-refractivity contribution is -0.141. The number of hydrogen-bond donors (Lipinski definition) is 3. The maximum absolute atomic E-state index is 12.9. The van der Waals surface area contributed by atoms with Gasteiger partial charge in [0.15, 0.2) is 11.4 Å². The first-order chi connectivity index (χ1) is 22.7. The van der Waals surface area contributed by atoms with Crippen molar-refractivity contribution >= 4 is 62.9 Å². The van der Waals surface area contributed by atoms with Crippen LogP contribution in [-0.2, 0) is 26.7 Å². The highest BCUT2D eigenvalue weighted by molar-refractivity contribution is 7.14. The summed E-state index contributed by atoms with van der Waals surface area (Å²) in [6.45, 7) is 6.66. The van der Waals surface area contributed by atoms with Crippen LogP contribution < -0.4 is 25.8 Å². The van der Waals surface area contributed by atoms with Gasteiger partial charge in [-0.1, -0.05) is 0 Å². The summed E-state index contributed by atoms with van der Waals surface area (Å²) in [4.78, 5) is 71.3. The van der Waals surface area contributed by atoms with E-state index in [1.165, 1.54) is 4.90 Å². The Bertz CT molecular complexity index is 1640. The van der Waals surface area contributed by atoms with Crippen LogP contribution in [0.2, 0.25) is 0 Å². The second kappa shape index (κ2) is 12.7. The number of amides is 7. The fraction of sp³-hybridized carbons (Fsp3) is 0.593. The zero-order valence-corrected chi connectivity index (χ0v) is 27.7. The van der Waals surface area contributed by atoms with Crippen LogP contribution >= 0.6 is 22.7 Å². The Labute approximate surface area is 282 Å². The number of thiazole rings is 2. The van der Waals surface area contributed by atoms with Gasteiger partial charge in [0, 0.05) is 23.8 Å². The van der Waals surface area contributed by atoms with Crippen LogP contribution in [0.5, 0.6) is 0 Å². The number of hydrogen-bond acceptors (Lipinski definition) is 11. The highest BCUT2D eigenvalue weighted by atomic mass is 32.1. The molecule has 268 valence electrons. The maximum Gasteiger partial charge on any atom is 0.434 e. The van der Waals surface area contributed by atoms with Crippen molar-refractivity contribution < 1.29 is 55.1 Å². The average molecular weight is 741 g/mol. The van der Waals surface area contributed by atoms with Crippen molar-refractivity contribution in [2.75, 3.05) is 36.0 Å². The van der Waals surface area contributed by atoms with E-state index in [0.717, 1.165) is 10.8 Å². The van der Waals surface area contributed by atoms with Gasteiger partial charge in [0.2, 0.25) is 10.3 Å². The van der Waals surface area contributed by atoms with Crippen LogP contribution in [0.1, 0.15) is 57.8 Å². The number of alkyl halides is 6. The minimum absolute atomic E-state index is 0.130. The first-order valence-corrected chi connectivity index (χ1v) is 16.5. The molecule has 0 unspecified atom stereocenters. The van der Waals surface area contributed by atoms with Crippen LogP contribution in [-0.4, -0.2) is 87.7 Å². The molecule has 0 bridgehead atoms. The summed E-state index contributed by atoms with van der Waals surface area (Å²) in [6.07, 6.45) is -8.71. The molecule has 4 aliphatic heterocycles. The third-order valence-corrected chi connectivity index (χ3v) is 9.65. The van der Waals surface area contributed by atoms with E-state index < -0.39 is 70.4 Å². The first kappa shape index (κ1) is 36.2. The zero-order valence-electron chi connectivity index (χ0n) is 26.1. The summed E-state index contributed by atoms with van der Waals surface area (Å²) < 4.78 is 81.3. The highest BCUT2D eigenvalue weighted by Gasteiger charge is 2.55. The Morgan fingerprint density at radius 2 is 1.16 bits per heavy atom. The predicted octanol–water partition coefficient (Wildman–Crippen LogP) is 4.33. The monoisotopic (exact) mass is 740 g/mol. The number of carbonyl (C=O) groups excluding carboxylic acids is 5. The number of piperidine rings is 2. The molecule has 4 fully saturated rings. The number of aromatic nitrogens is 2. The Morgan fingerprint density at radius 1 is 0.755 bits per heavy atom. The van der Waals surface area contributed by atoms with Gasteiger partial charge in [-0.05, 0) is 59.5 Å². The number of imide groups is 2. The number of anilines is 2. The Balaban J connectivity index is 0.000000199. The van der Waals surface area contributed by atoms with E-state index in [9.17, 15) is 50.3 Å². The van der Waals surface area contributed by atoms with Crippen LogP contribution in [0.3, 0.4) is 0 Å². The maximum atomic E-state index is 12.9. The molecule has 6 heterocycles. The van der Waals surface area contributed by atoms with Gasteiger partial charge < -0.3 is 25.6 Å². The van der Waals surface area contributed by atoms with Gasteiger partial charge in [0.25, 0.3) is 11.8 Å². The topological polar surface area (TPSA) is 166 Å². The molecule has 4 aliphatic rings. The number of halogens is 6. The molecule has 14 nitrogen and oxygen atoms in total. The van der Waals surface area contributed by atoms with Crippen molar-refractivity contribution in [1.29, 1.82) is 0 Å². The van der Waals surface area contributed by atoms with Gasteiger partial charge in [0.1, 0.15) is 16.7 Å². The lowest BCUT2D eigenvalue weighted by atomic mass is 9.87. The van der Waals surface area contributed by atoms with Crippen molar-refractivity contribution in [2.24, 2.45) is 0 Å². The number of urea groups is 2. The molecule has 22 heteroatoms.